The molecule has 0 spiro atoms. The summed E-state index contributed by atoms with van der Waals surface area (Å²) in [6, 6.07) is 8.31. The molecule has 0 aromatic carbocycles. The number of ether oxygens (including phenoxy) is 1. The lowest BCUT2D eigenvalue weighted by Gasteiger charge is -2.08. The van der Waals surface area contributed by atoms with Gasteiger partial charge in [-0.15, -0.1) is 0 Å². The molecule has 2 aromatic rings. The number of pyridine rings is 1. The summed E-state index contributed by atoms with van der Waals surface area (Å²) in [6.45, 7) is 6.08. The minimum atomic E-state index is 0.478. The number of rotatable bonds is 7. The third-order valence-corrected chi connectivity index (χ3v) is 2.67. The molecule has 102 valence electrons. The molecule has 0 aliphatic carbocycles. The highest BCUT2D eigenvalue weighted by atomic mass is 16.5. The van der Waals surface area contributed by atoms with Crippen molar-refractivity contribution in [2.24, 2.45) is 0 Å². The predicted molar refractivity (Wildman–Crippen MR) is 73.4 cm³/mol. The fourth-order valence-corrected chi connectivity index (χ4v) is 1.62. The van der Waals surface area contributed by atoms with Crippen molar-refractivity contribution in [3.05, 3.63) is 53.7 Å². The molecule has 2 rings (SSSR count). The number of nitrogens with one attached hydrogen (secondary N) is 1. The van der Waals surface area contributed by atoms with Gasteiger partial charge in [-0.25, -0.2) is 0 Å². The smallest absolute Gasteiger partial charge is 0.129 e. The Labute approximate surface area is 113 Å². The minimum absolute atomic E-state index is 0.478. The van der Waals surface area contributed by atoms with Crippen LogP contribution in [0.25, 0.3) is 0 Å². The molecule has 1 N–H and O–H groups in total. The van der Waals surface area contributed by atoms with Gasteiger partial charge in [0.2, 0.25) is 0 Å². The fraction of sp³-hybridized carbons (Fsp3) is 0.400. The van der Waals surface area contributed by atoms with E-state index < -0.39 is 0 Å². The maximum Gasteiger partial charge on any atom is 0.129 e. The maximum absolute atomic E-state index is 5.53. The van der Waals surface area contributed by atoms with Gasteiger partial charge >= 0.3 is 0 Å². The van der Waals surface area contributed by atoms with Crippen LogP contribution in [0.5, 0.6) is 0 Å². The maximum atomic E-state index is 5.53. The summed E-state index contributed by atoms with van der Waals surface area (Å²) in [4.78, 5) is 4.38. The normalized spacial score (nSPS) is 11.1. The third-order valence-electron chi connectivity index (χ3n) is 2.67. The monoisotopic (exact) mass is 260 g/mol. The molecule has 0 atom stereocenters. The van der Waals surface area contributed by atoms with Crippen LogP contribution in [0.2, 0.25) is 0 Å². The molecule has 2 aromatic heterocycles. The molecule has 4 heteroatoms. The molecule has 2 heterocycles. The van der Waals surface area contributed by atoms with Crippen molar-refractivity contribution in [1.82, 2.24) is 10.3 Å². The Morgan fingerprint density at radius 3 is 2.79 bits per heavy atom. The highest BCUT2D eigenvalue weighted by Gasteiger charge is 2.00. The summed E-state index contributed by atoms with van der Waals surface area (Å²) < 4.78 is 10.7. The predicted octanol–water partition coefficient (Wildman–Crippen LogP) is 2.89. The second-order valence-corrected chi connectivity index (χ2v) is 4.77. The van der Waals surface area contributed by atoms with Crippen LogP contribution in [-0.4, -0.2) is 11.0 Å². The Morgan fingerprint density at radius 2 is 2.16 bits per heavy atom. The van der Waals surface area contributed by atoms with Gasteiger partial charge in [-0.1, -0.05) is 19.9 Å². The Bertz CT molecular complexity index is 463. The van der Waals surface area contributed by atoms with Crippen molar-refractivity contribution in [2.45, 2.75) is 39.6 Å². The number of hydrogen-bond donors (Lipinski definition) is 1. The summed E-state index contributed by atoms with van der Waals surface area (Å²) in [5, 5.41) is 3.36. The van der Waals surface area contributed by atoms with E-state index in [1.165, 1.54) is 5.56 Å². The quantitative estimate of drug-likeness (QED) is 0.831. The summed E-state index contributed by atoms with van der Waals surface area (Å²) in [5.74, 6) is 0.831. The molecule has 0 saturated carbocycles. The molecular formula is C15H20N2O2. The highest BCUT2D eigenvalue weighted by molar-refractivity contribution is 5.13. The van der Waals surface area contributed by atoms with E-state index in [1.807, 2.05) is 24.4 Å². The Balaban J connectivity index is 1.75. The fourth-order valence-electron chi connectivity index (χ4n) is 1.62. The zero-order valence-corrected chi connectivity index (χ0v) is 11.4. The first-order chi connectivity index (χ1) is 9.24. The van der Waals surface area contributed by atoms with Crippen molar-refractivity contribution in [3.63, 3.8) is 0 Å². The van der Waals surface area contributed by atoms with Crippen molar-refractivity contribution in [3.8, 4) is 0 Å². The lowest BCUT2D eigenvalue weighted by Crippen LogP contribution is -2.21. The molecule has 0 fully saturated rings. The number of nitrogens with zero attached hydrogens (tertiary/aromatic N) is 1. The highest BCUT2D eigenvalue weighted by Crippen LogP contribution is 2.06. The molecular weight excluding hydrogens is 240 g/mol. The van der Waals surface area contributed by atoms with E-state index in [0.717, 1.165) is 18.0 Å². The van der Waals surface area contributed by atoms with Gasteiger partial charge in [0.25, 0.3) is 0 Å². The van der Waals surface area contributed by atoms with Gasteiger partial charge in [-0.3, -0.25) is 4.98 Å². The summed E-state index contributed by atoms with van der Waals surface area (Å²) in [7, 11) is 0. The summed E-state index contributed by atoms with van der Waals surface area (Å²) in [6.07, 6.45) is 3.54. The van der Waals surface area contributed by atoms with Crippen LogP contribution in [-0.2, 0) is 24.5 Å². The van der Waals surface area contributed by atoms with Gasteiger partial charge in [0.1, 0.15) is 12.4 Å². The average Bonchev–Trinajstić information content (AvgIpc) is 2.91. The van der Waals surface area contributed by atoms with Crippen LogP contribution >= 0.6 is 0 Å². The lowest BCUT2D eigenvalue weighted by atomic mass is 10.2. The second-order valence-electron chi connectivity index (χ2n) is 4.77. The van der Waals surface area contributed by atoms with E-state index in [4.69, 9.17) is 9.15 Å². The average molecular weight is 260 g/mol. The van der Waals surface area contributed by atoms with Crippen LogP contribution < -0.4 is 5.32 Å². The van der Waals surface area contributed by atoms with Crippen LogP contribution in [0.15, 0.2) is 41.1 Å². The molecule has 19 heavy (non-hydrogen) atoms. The zero-order valence-electron chi connectivity index (χ0n) is 11.4. The second kappa shape index (κ2) is 7.07. The molecule has 0 amide bonds. The lowest BCUT2D eigenvalue weighted by molar-refractivity contribution is 0.0906. The van der Waals surface area contributed by atoms with Crippen LogP contribution in [0.4, 0.5) is 0 Å². The standard InChI is InChI=1S/C15H20N2O2/c1-12(2)16-8-13-5-6-14(17-9-13)10-18-11-15-4-3-7-19-15/h3-7,9,12,16H,8,10-11H2,1-2H3. The van der Waals surface area contributed by atoms with Crippen molar-refractivity contribution in [1.29, 1.82) is 0 Å². The van der Waals surface area contributed by atoms with Crippen LogP contribution in [0.1, 0.15) is 30.9 Å². The molecule has 0 saturated heterocycles. The largest absolute Gasteiger partial charge is 0.467 e. The molecule has 0 bridgehead atoms. The van der Waals surface area contributed by atoms with Gasteiger partial charge in [-0.2, -0.15) is 0 Å². The summed E-state index contributed by atoms with van der Waals surface area (Å²) >= 11 is 0. The SMILES string of the molecule is CC(C)NCc1ccc(COCc2ccco2)nc1. The van der Waals surface area contributed by atoms with E-state index in [-0.39, 0.29) is 0 Å². The van der Waals surface area contributed by atoms with Crippen molar-refractivity contribution >= 4 is 0 Å². The van der Waals surface area contributed by atoms with E-state index >= 15 is 0 Å². The van der Waals surface area contributed by atoms with Gasteiger partial charge in [0.15, 0.2) is 0 Å². The Kier molecular flexibility index (Phi) is 5.12. The minimum Gasteiger partial charge on any atom is -0.467 e. The Morgan fingerprint density at radius 1 is 1.26 bits per heavy atom. The molecule has 0 aliphatic heterocycles. The van der Waals surface area contributed by atoms with Gasteiger partial charge in [0, 0.05) is 18.8 Å². The first-order valence-electron chi connectivity index (χ1n) is 6.51. The first kappa shape index (κ1) is 13.8. The topological polar surface area (TPSA) is 47.3 Å². The molecule has 0 unspecified atom stereocenters. The van der Waals surface area contributed by atoms with E-state index in [9.17, 15) is 0 Å². The van der Waals surface area contributed by atoms with E-state index in [0.29, 0.717) is 19.3 Å². The number of hydrogen-bond acceptors (Lipinski definition) is 4. The van der Waals surface area contributed by atoms with Crippen molar-refractivity contribution in [2.75, 3.05) is 0 Å². The third kappa shape index (κ3) is 4.85. The van der Waals surface area contributed by atoms with Gasteiger partial charge in [0.05, 0.1) is 18.6 Å². The van der Waals surface area contributed by atoms with Gasteiger partial charge in [-0.05, 0) is 23.8 Å². The Hall–Kier alpha value is -1.65. The molecule has 4 nitrogen and oxygen atoms in total. The number of furan rings is 1. The molecule has 0 radical (unpaired) electrons. The van der Waals surface area contributed by atoms with Crippen LogP contribution in [0.3, 0.4) is 0 Å². The zero-order chi connectivity index (χ0) is 13.5. The first-order valence-corrected chi connectivity index (χ1v) is 6.51. The summed E-state index contributed by atoms with van der Waals surface area (Å²) in [5.41, 5.74) is 2.11. The number of aromatic nitrogens is 1. The van der Waals surface area contributed by atoms with Crippen molar-refractivity contribution < 1.29 is 9.15 Å². The van der Waals surface area contributed by atoms with E-state index in [2.05, 4.69) is 30.2 Å². The van der Waals surface area contributed by atoms with Gasteiger partial charge < -0.3 is 14.5 Å². The van der Waals surface area contributed by atoms with E-state index in [1.54, 1.807) is 6.26 Å². The van der Waals surface area contributed by atoms with Crippen LogP contribution in [0, 0.1) is 0 Å². The molecule has 0 aliphatic rings.